The number of benzene rings is 1. The molecule has 0 fully saturated rings. The molecule has 0 aliphatic carbocycles. The van der Waals surface area contributed by atoms with E-state index in [-0.39, 0.29) is 18.8 Å². The number of ether oxygens (including phenoxy) is 3. The summed E-state index contributed by atoms with van der Waals surface area (Å²) in [6.07, 6.45) is 10.5. The van der Waals surface area contributed by atoms with E-state index in [0.717, 1.165) is 12.8 Å². The number of hydrogen-bond donors (Lipinski definition) is 0. The van der Waals surface area contributed by atoms with Crippen LogP contribution < -0.4 is 4.74 Å². The van der Waals surface area contributed by atoms with Gasteiger partial charge in [-0.3, -0.25) is 14.4 Å². The fourth-order valence-electron chi connectivity index (χ4n) is 2.42. The van der Waals surface area contributed by atoms with Gasteiger partial charge in [-0.05, 0) is 49.9 Å². The van der Waals surface area contributed by atoms with Gasteiger partial charge in [0.1, 0.15) is 5.75 Å². The van der Waals surface area contributed by atoms with Crippen molar-refractivity contribution in [2.24, 2.45) is 5.92 Å². The second-order valence-corrected chi connectivity index (χ2v) is 6.20. The van der Waals surface area contributed by atoms with Crippen molar-refractivity contribution in [1.82, 2.24) is 0 Å². The van der Waals surface area contributed by atoms with Crippen molar-refractivity contribution in [2.45, 2.75) is 39.5 Å². The molecule has 0 atom stereocenters. The van der Waals surface area contributed by atoms with Crippen LogP contribution in [0.1, 0.15) is 49.9 Å². The van der Waals surface area contributed by atoms with E-state index in [4.69, 9.17) is 14.2 Å². The van der Waals surface area contributed by atoms with Crippen molar-refractivity contribution in [3.63, 3.8) is 0 Å². The highest BCUT2D eigenvalue weighted by Gasteiger charge is 2.37. The van der Waals surface area contributed by atoms with E-state index in [9.17, 15) is 14.4 Å². The molecule has 0 unspecified atom stereocenters. The van der Waals surface area contributed by atoms with Crippen molar-refractivity contribution in [3.8, 4) is 5.75 Å². The Morgan fingerprint density at radius 1 is 0.828 bits per heavy atom. The van der Waals surface area contributed by atoms with Crippen LogP contribution in [0.2, 0.25) is 0 Å². The fraction of sp³-hybridized carbons (Fsp3) is 0.435. The maximum absolute atomic E-state index is 12.8. The number of ketones is 1. The van der Waals surface area contributed by atoms with Gasteiger partial charge in [0.2, 0.25) is 5.92 Å². The number of allylic oxidation sites excluding steroid dienone is 2. The zero-order chi connectivity index (χ0) is 21.5. The third kappa shape index (κ3) is 8.77. The smallest absolute Gasteiger partial charge is 0.328 e. The SMILES string of the molecule is CC/C=C/CCOC(=O)C(C(=O)OCC/C=C/CC)C(=O)c1ccc(OC)cc1. The number of methoxy groups -OCH3 is 1. The van der Waals surface area contributed by atoms with Crippen LogP contribution in [0.25, 0.3) is 0 Å². The van der Waals surface area contributed by atoms with Crippen molar-refractivity contribution in [1.29, 1.82) is 0 Å². The summed E-state index contributed by atoms with van der Waals surface area (Å²) < 4.78 is 15.4. The molecule has 6 heteroatoms. The molecule has 1 aromatic rings. The maximum Gasteiger partial charge on any atom is 0.328 e. The van der Waals surface area contributed by atoms with E-state index < -0.39 is 23.6 Å². The first kappa shape index (κ1) is 24.1. The van der Waals surface area contributed by atoms with Crippen LogP contribution in [0, 0.1) is 5.92 Å². The van der Waals surface area contributed by atoms with Gasteiger partial charge in [0.05, 0.1) is 20.3 Å². The Labute approximate surface area is 172 Å². The van der Waals surface area contributed by atoms with E-state index in [2.05, 4.69) is 0 Å². The zero-order valence-corrected chi connectivity index (χ0v) is 17.4. The summed E-state index contributed by atoms with van der Waals surface area (Å²) in [6, 6.07) is 6.18. The van der Waals surface area contributed by atoms with Crippen molar-refractivity contribution in [2.75, 3.05) is 20.3 Å². The van der Waals surface area contributed by atoms with Crippen LogP contribution in [-0.4, -0.2) is 38.0 Å². The number of carbonyl (C=O) groups is 3. The highest BCUT2D eigenvalue weighted by atomic mass is 16.6. The number of esters is 2. The largest absolute Gasteiger partial charge is 0.497 e. The van der Waals surface area contributed by atoms with E-state index in [0.29, 0.717) is 18.6 Å². The number of Topliss-reactive ketones (excluding diaryl/α,β-unsaturated/α-hetero) is 1. The van der Waals surface area contributed by atoms with Gasteiger partial charge in [0.15, 0.2) is 5.78 Å². The Kier molecular flexibility index (Phi) is 11.8. The van der Waals surface area contributed by atoms with Crippen LogP contribution in [-0.2, 0) is 19.1 Å². The highest BCUT2D eigenvalue weighted by molar-refractivity contribution is 6.20. The Bertz CT molecular complexity index is 671. The first-order chi connectivity index (χ1) is 14.0. The third-order valence-corrected chi connectivity index (χ3v) is 3.97. The van der Waals surface area contributed by atoms with Gasteiger partial charge in [-0.1, -0.05) is 38.2 Å². The molecular formula is C23H30O6. The predicted octanol–water partition coefficient (Wildman–Crippen LogP) is 4.29. The quantitative estimate of drug-likeness (QED) is 0.161. The van der Waals surface area contributed by atoms with Gasteiger partial charge < -0.3 is 14.2 Å². The Hall–Kier alpha value is -2.89. The first-order valence-electron chi connectivity index (χ1n) is 9.86. The van der Waals surface area contributed by atoms with Crippen molar-refractivity contribution >= 4 is 17.7 Å². The lowest BCUT2D eigenvalue weighted by atomic mass is 9.97. The molecule has 0 amide bonds. The molecule has 0 N–H and O–H groups in total. The molecule has 1 aromatic carbocycles. The fourth-order valence-corrected chi connectivity index (χ4v) is 2.42. The van der Waals surface area contributed by atoms with E-state index in [1.54, 1.807) is 12.1 Å². The van der Waals surface area contributed by atoms with Gasteiger partial charge in [-0.15, -0.1) is 0 Å². The number of rotatable bonds is 13. The minimum atomic E-state index is -1.64. The predicted molar refractivity (Wildman–Crippen MR) is 111 cm³/mol. The molecule has 158 valence electrons. The summed E-state index contributed by atoms with van der Waals surface area (Å²) in [7, 11) is 1.51. The summed E-state index contributed by atoms with van der Waals surface area (Å²) in [5.41, 5.74) is 0.210. The average Bonchev–Trinajstić information content (AvgIpc) is 2.73. The molecule has 0 radical (unpaired) electrons. The van der Waals surface area contributed by atoms with E-state index in [1.807, 2.05) is 38.2 Å². The van der Waals surface area contributed by atoms with Crippen molar-refractivity contribution in [3.05, 3.63) is 54.1 Å². The van der Waals surface area contributed by atoms with Crippen LogP contribution >= 0.6 is 0 Å². The molecule has 0 spiro atoms. The summed E-state index contributed by atoms with van der Waals surface area (Å²) in [4.78, 5) is 37.8. The van der Waals surface area contributed by atoms with Crippen molar-refractivity contribution < 1.29 is 28.6 Å². The molecule has 0 heterocycles. The Balaban J connectivity index is 2.86. The monoisotopic (exact) mass is 402 g/mol. The minimum absolute atomic E-state index is 0.0915. The molecule has 1 rings (SSSR count). The number of hydrogen-bond acceptors (Lipinski definition) is 6. The lowest BCUT2D eigenvalue weighted by Crippen LogP contribution is -2.35. The molecule has 0 bridgehead atoms. The molecule has 0 aliphatic rings. The minimum Gasteiger partial charge on any atom is -0.497 e. The Morgan fingerprint density at radius 3 is 1.72 bits per heavy atom. The van der Waals surface area contributed by atoms with Crippen LogP contribution in [0.15, 0.2) is 48.6 Å². The Morgan fingerprint density at radius 2 is 1.31 bits per heavy atom. The third-order valence-electron chi connectivity index (χ3n) is 3.97. The van der Waals surface area contributed by atoms with Gasteiger partial charge in [0.25, 0.3) is 0 Å². The zero-order valence-electron chi connectivity index (χ0n) is 17.4. The highest BCUT2D eigenvalue weighted by Crippen LogP contribution is 2.17. The molecule has 0 saturated carbocycles. The molecule has 0 aromatic heterocycles. The topological polar surface area (TPSA) is 78.9 Å². The summed E-state index contributed by atoms with van der Waals surface area (Å²) in [6.45, 7) is 4.18. The lowest BCUT2D eigenvalue weighted by molar-refractivity contribution is -0.159. The summed E-state index contributed by atoms with van der Waals surface area (Å²) >= 11 is 0. The van der Waals surface area contributed by atoms with Gasteiger partial charge in [0, 0.05) is 5.56 Å². The lowest BCUT2D eigenvalue weighted by Gasteiger charge is -2.14. The van der Waals surface area contributed by atoms with Crippen LogP contribution in [0.4, 0.5) is 0 Å². The summed E-state index contributed by atoms with van der Waals surface area (Å²) in [5.74, 6) is -3.53. The number of carbonyl (C=O) groups excluding carboxylic acids is 3. The second kappa shape index (κ2) is 14.2. The van der Waals surface area contributed by atoms with E-state index >= 15 is 0 Å². The van der Waals surface area contributed by atoms with Gasteiger partial charge in [-0.2, -0.15) is 0 Å². The standard InChI is InChI=1S/C23H30O6/c1-4-6-8-10-16-28-22(25)20(23(26)29-17-11-9-7-5-2)21(24)18-12-14-19(27-3)15-13-18/h6-9,12-15,20H,4-5,10-11,16-17H2,1-3H3/b8-6+,9-7+. The van der Waals surface area contributed by atoms with Gasteiger partial charge >= 0.3 is 11.9 Å². The second-order valence-electron chi connectivity index (χ2n) is 6.20. The molecule has 0 saturated heterocycles. The molecule has 0 aliphatic heterocycles. The molecular weight excluding hydrogens is 372 g/mol. The maximum atomic E-state index is 12.8. The van der Waals surface area contributed by atoms with E-state index in [1.165, 1.54) is 19.2 Å². The summed E-state index contributed by atoms with van der Waals surface area (Å²) in [5, 5.41) is 0. The van der Waals surface area contributed by atoms with Crippen LogP contribution in [0.3, 0.4) is 0 Å². The van der Waals surface area contributed by atoms with Gasteiger partial charge in [-0.25, -0.2) is 0 Å². The molecule has 29 heavy (non-hydrogen) atoms. The first-order valence-corrected chi connectivity index (χ1v) is 9.86. The molecule has 6 nitrogen and oxygen atoms in total. The van der Waals surface area contributed by atoms with Crippen LogP contribution in [0.5, 0.6) is 5.75 Å². The normalized spacial score (nSPS) is 11.2. The average molecular weight is 402 g/mol.